The van der Waals surface area contributed by atoms with Crippen molar-refractivity contribution < 1.29 is 9.59 Å². The van der Waals surface area contributed by atoms with Gasteiger partial charge in [-0.15, -0.1) is 13.2 Å². The van der Waals surface area contributed by atoms with E-state index in [4.69, 9.17) is 0 Å². The molecule has 20 heavy (non-hydrogen) atoms. The first kappa shape index (κ1) is 16.5. The predicted octanol–water partition coefficient (Wildman–Crippen LogP) is 2.27. The van der Waals surface area contributed by atoms with Gasteiger partial charge in [0.25, 0.3) is 0 Å². The molecular weight excluding hydrogens is 252 g/mol. The third kappa shape index (κ3) is 4.83. The Hall–Kier alpha value is -1.58. The van der Waals surface area contributed by atoms with Crippen LogP contribution in [0.5, 0.6) is 0 Å². The first-order valence-corrected chi connectivity index (χ1v) is 7.41. The van der Waals surface area contributed by atoms with E-state index in [0.29, 0.717) is 13.1 Å². The zero-order chi connectivity index (χ0) is 15.0. The van der Waals surface area contributed by atoms with Gasteiger partial charge in [0.1, 0.15) is 6.04 Å². The second-order valence-electron chi connectivity index (χ2n) is 5.39. The Morgan fingerprint density at radius 3 is 2.25 bits per heavy atom. The molecule has 0 aromatic carbocycles. The molecule has 0 saturated heterocycles. The van der Waals surface area contributed by atoms with Crippen LogP contribution < -0.4 is 5.32 Å². The molecule has 1 aliphatic carbocycles. The van der Waals surface area contributed by atoms with Crippen molar-refractivity contribution >= 4 is 11.8 Å². The lowest BCUT2D eigenvalue weighted by Gasteiger charge is -2.26. The second kappa shape index (κ2) is 8.56. The molecule has 1 aliphatic rings. The first-order valence-electron chi connectivity index (χ1n) is 7.41. The Morgan fingerprint density at radius 1 is 1.20 bits per heavy atom. The number of nitrogens with zero attached hydrogens (tertiary/aromatic N) is 1. The molecule has 4 nitrogen and oxygen atoms in total. The number of hydrogen-bond acceptors (Lipinski definition) is 2. The average molecular weight is 278 g/mol. The predicted molar refractivity (Wildman–Crippen MR) is 81.2 cm³/mol. The number of carbonyl (C=O) groups is 2. The van der Waals surface area contributed by atoms with Crippen molar-refractivity contribution in [1.82, 2.24) is 10.2 Å². The molecule has 0 aromatic rings. The van der Waals surface area contributed by atoms with Crippen molar-refractivity contribution in [3.8, 4) is 0 Å². The van der Waals surface area contributed by atoms with Crippen molar-refractivity contribution in [2.75, 3.05) is 13.1 Å². The Labute approximate surface area is 121 Å². The summed E-state index contributed by atoms with van der Waals surface area (Å²) in [5, 5.41) is 2.85. The van der Waals surface area contributed by atoms with Crippen LogP contribution in [0.25, 0.3) is 0 Å². The van der Waals surface area contributed by atoms with Gasteiger partial charge >= 0.3 is 0 Å². The number of hydrogen-bond donors (Lipinski definition) is 1. The maximum atomic E-state index is 12.3. The van der Waals surface area contributed by atoms with E-state index in [1.165, 1.54) is 6.42 Å². The van der Waals surface area contributed by atoms with E-state index in [1.807, 2.05) is 0 Å². The smallest absolute Gasteiger partial charge is 0.245 e. The molecule has 0 heterocycles. The van der Waals surface area contributed by atoms with Crippen LogP contribution in [0.15, 0.2) is 25.3 Å². The van der Waals surface area contributed by atoms with E-state index in [1.54, 1.807) is 24.0 Å². The number of amides is 2. The summed E-state index contributed by atoms with van der Waals surface area (Å²) in [4.78, 5) is 26.0. The summed E-state index contributed by atoms with van der Waals surface area (Å²) in [5.74, 6) is 0.00271. The summed E-state index contributed by atoms with van der Waals surface area (Å²) in [7, 11) is 0. The molecule has 112 valence electrons. The highest BCUT2D eigenvalue weighted by molar-refractivity contribution is 5.88. The average Bonchev–Trinajstić information content (AvgIpc) is 2.47. The minimum absolute atomic E-state index is 0.0164. The highest BCUT2D eigenvalue weighted by atomic mass is 16.2. The number of nitrogens with one attached hydrogen (secondary N) is 1. The first-order chi connectivity index (χ1) is 9.60. The van der Waals surface area contributed by atoms with Crippen LogP contribution in [-0.2, 0) is 9.59 Å². The van der Waals surface area contributed by atoms with Crippen molar-refractivity contribution in [3.63, 3.8) is 0 Å². The maximum absolute atomic E-state index is 12.3. The van der Waals surface area contributed by atoms with Gasteiger partial charge in [0.05, 0.1) is 0 Å². The van der Waals surface area contributed by atoms with Gasteiger partial charge in [-0.05, 0) is 19.8 Å². The van der Waals surface area contributed by atoms with Crippen LogP contribution in [0, 0.1) is 5.92 Å². The summed E-state index contributed by atoms with van der Waals surface area (Å²) in [6.45, 7) is 9.96. The molecular formula is C16H26N2O2. The highest BCUT2D eigenvalue weighted by Crippen LogP contribution is 2.23. The van der Waals surface area contributed by atoms with Gasteiger partial charge in [-0.25, -0.2) is 0 Å². The van der Waals surface area contributed by atoms with Crippen LogP contribution in [0.3, 0.4) is 0 Å². The van der Waals surface area contributed by atoms with Gasteiger partial charge in [-0.2, -0.15) is 0 Å². The summed E-state index contributed by atoms with van der Waals surface area (Å²) < 4.78 is 0. The van der Waals surface area contributed by atoms with Gasteiger partial charge < -0.3 is 10.2 Å². The van der Waals surface area contributed by atoms with Crippen LogP contribution >= 0.6 is 0 Å². The molecule has 1 rings (SSSR count). The number of rotatable bonds is 7. The Kier molecular flexibility index (Phi) is 7.05. The Balaban J connectivity index is 2.52. The Morgan fingerprint density at radius 2 is 1.75 bits per heavy atom. The van der Waals surface area contributed by atoms with E-state index in [-0.39, 0.29) is 17.7 Å². The van der Waals surface area contributed by atoms with Crippen molar-refractivity contribution in [3.05, 3.63) is 25.3 Å². The lowest BCUT2D eigenvalue weighted by Crippen LogP contribution is -2.48. The maximum Gasteiger partial charge on any atom is 0.245 e. The summed E-state index contributed by atoms with van der Waals surface area (Å²) >= 11 is 0. The van der Waals surface area contributed by atoms with E-state index in [0.717, 1.165) is 25.7 Å². The molecule has 0 aliphatic heterocycles. The summed E-state index contributed by atoms with van der Waals surface area (Å²) in [6.07, 6.45) is 8.67. The SMILES string of the molecule is C=CCN(CC=C)C(=O)C(C)NC(=O)C1CCCCC1. The summed E-state index contributed by atoms with van der Waals surface area (Å²) in [5.41, 5.74) is 0. The molecule has 0 aromatic heterocycles. The molecule has 0 radical (unpaired) electrons. The van der Waals surface area contributed by atoms with E-state index in [2.05, 4.69) is 18.5 Å². The topological polar surface area (TPSA) is 49.4 Å². The monoisotopic (exact) mass is 278 g/mol. The molecule has 1 unspecified atom stereocenters. The lowest BCUT2D eigenvalue weighted by molar-refractivity contribution is -0.136. The van der Waals surface area contributed by atoms with Crippen molar-refractivity contribution in [2.24, 2.45) is 5.92 Å². The van der Waals surface area contributed by atoms with Gasteiger partial charge in [0.2, 0.25) is 11.8 Å². The van der Waals surface area contributed by atoms with Gasteiger partial charge in [-0.3, -0.25) is 9.59 Å². The van der Waals surface area contributed by atoms with Gasteiger partial charge in [0.15, 0.2) is 0 Å². The zero-order valence-electron chi connectivity index (χ0n) is 12.4. The van der Waals surface area contributed by atoms with Crippen LogP contribution in [0.4, 0.5) is 0 Å². The molecule has 1 N–H and O–H groups in total. The number of carbonyl (C=O) groups excluding carboxylic acids is 2. The third-order valence-electron chi connectivity index (χ3n) is 3.72. The van der Waals surface area contributed by atoms with E-state index >= 15 is 0 Å². The minimum Gasteiger partial charge on any atom is -0.344 e. The fourth-order valence-corrected chi connectivity index (χ4v) is 2.60. The van der Waals surface area contributed by atoms with Crippen molar-refractivity contribution in [1.29, 1.82) is 0 Å². The van der Waals surface area contributed by atoms with E-state index in [9.17, 15) is 9.59 Å². The lowest BCUT2D eigenvalue weighted by atomic mass is 9.88. The van der Waals surface area contributed by atoms with Crippen LogP contribution in [0.2, 0.25) is 0 Å². The fourth-order valence-electron chi connectivity index (χ4n) is 2.60. The molecule has 1 fully saturated rings. The summed E-state index contributed by atoms with van der Waals surface area (Å²) in [6, 6.07) is -0.496. The quantitative estimate of drug-likeness (QED) is 0.726. The minimum atomic E-state index is -0.496. The molecule has 4 heteroatoms. The van der Waals surface area contributed by atoms with Gasteiger partial charge in [0, 0.05) is 19.0 Å². The molecule has 1 saturated carbocycles. The third-order valence-corrected chi connectivity index (χ3v) is 3.72. The second-order valence-corrected chi connectivity index (χ2v) is 5.39. The zero-order valence-corrected chi connectivity index (χ0v) is 12.4. The van der Waals surface area contributed by atoms with Gasteiger partial charge in [-0.1, -0.05) is 31.4 Å². The standard InChI is InChI=1S/C16H26N2O2/c1-4-11-18(12-5-2)16(20)13(3)17-15(19)14-9-7-6-8-10-14/h4-5,13-14H,1-2,6-12H2,3H3,(H,17,19). The molecule has 2 amide bonds. The Bertz CT molecular complexity index is 349. The highest BCUT2D eigenvalue weighted by Gasteiger charge is 2.25. The van der Waals surface area contributed by atoms with Crippen molar-refractivity contribution in [2.45, 2.75) is 45.1 Å². The largest absolute Gasteiger partial charge is 0.344 e. The molecule has 0 spiro atoms. The normalized spacial score (nSPS) is 17.1. The molecule has 0 bridgehead atoms. The van der Waals surface area contributed by atoms with Crippen LogP contribution in [0.1, 0.15) is 39.0 Å². The van der Waals surface area contributed by atoms with Crippen LogP contribution in [-0.4, -0.2) is 35.8 Å². The molecule has 1 atom stereocenters. The van der Waals surface area contributed by atoms with E-state index < -0.39 is 6.04 Å². The fraction of sp³-hybridized carbons (Fsp3) is 0.625.